The maximum Gasteiger partial charge on any atom is 0.123 e. The first-order valence-corrected chi connectivity index (χ1v) is 7.13. The molecule has 0 aliphatic heterocycles. The van der Waals surface area contributed by atoms with E-state index in [0.717, 1.165) is 22.0 Å². The van der Waals surface area contributed by atoms with Crippen molar-refractivity contribution in [2.75, 3.05) is 7.05 Å². The first-order chi connectivity index (χ1) is 9.08. The molecule has 1 N–H and O–H groups in total. The topological polar surface area (TPSA) is 12.0 Å². The molecule has 1 atom stereocenters. The number of benzene rings is 2. The summed E-state index contributed by atoms with van der Waals surface area (Å²) in [6, 6.07) is 12.5. The number of hydrogen-bond acceptors (Lipinski definition) is 1. The first kappa shape index (κ1) is 14.5. The lowest BCUT2D eigenvalue weighted by molar-refractivity contribution is 0.588. The van der Waals surface area contributed by atoms with E-state index in [1.54, 1.807) is 12.1 Å². The molecule has 2 rings (SSSR count). The smallest absolute Gasteiger partial charge is 0.123 e. The Morgan fingerprint density at radius 1 is 1.21 bits per heavy atom. The van der Waals surface area contributed by atoms with E-state index in [2.05, 4.69) is 21.2 Å². The van der Waals surface area contributed by atoms with Crippen LogP contribution in [0, 0.1) is 5.82 Å². The Bertz CT molecular complexity index is 536. The van der Waals surface area contributed by atoms with E-state index in [0.29, 0.717) is 5.02 Å². The third-order valence-electron chi connectivity index (χ3n) is 2.99. The Kier molecular flexibility index (Phi) is 4.97. The molecule has 0 saturated carbocycles. The lowest BCUT2D eigenvalue weighted by Gasteiger charge is -2.17. The highest BCUT2D eigenvalue weighted by molar-refractivity contribution is 9.10. The minimum atomic E-state index is -0.213. The molecule has 0 fully saturated rings. The van der Waals surface area contributed by atoms with Gasteiger partial charge in [0.1, 0.15) is 5.82 Å². The van der Waals surface area contributed by atoms with Crippen molar-refractivity contribution in [1.82, 2.24) is 5.32 Å². The van der Waals surface area contributed by atoms with Crippen molar-refractivity contribution in [2.24, 2.45) is 0 Å². The fraction of sp³-hybridized carbons (Fsp3) is 0.200. The van der Waals surface area contributed by atoms with E-state index in [9.17, 15) is 4.39 Å². The van der Waals surface area contributed by atoms with Crippen LogP contribution >= 0.6 is 27.5 Å². The van der Waals surface area contributed by atoms with Gasteiger partial charge in [-0.3, -0.25) is 0 Å². The molecule has 0 aliphatic rings. The molecule has 0 aromatic heterocycles. The normalized spacial score (nSPS) is 12.4. The van der Waals surface area contributed by atoms with E-state index in [1.165, 1.54) is 12.1 Å². The van der Waals surface area contributed by atoms with Gasteiger partial charge in [-0.05, 0) is 54.9 Å². The average molecular weight is 343 g/mol. The van der Waals surface area contributed by atoms with Gasteiger partial charge in [-0.1, -0.05) is 39.7 Å². The second kappa shape index (κ2) is 6.51. The van der Waals surface area contributed by atoms with Crippen LogP contribution in [0.25, 0.3) is 0 Å². The largest absolute Gasteiger partial charge is 0.313 e. The Hall–Kier alpha value is -0.900. The van der Waals surface area contributed by atoms with Crippen molar-refractivity contribution in [3.63, 3.8) is 0 Å². The van der Waals surface area contributed by atoms with Crippen molar-refractivity contribution in [2.45, 2.75) is 12.5 Å². The van der Waals surface area contributed by atoms with Gasteiger partial charge in [0, 0.05) is 15.5 Å². The van der Waals surface area contributed by atoms with Crippen LogP contribution in [0.2, 0.25) is 5.02 Å². The highest BCUT2D eigenvalue weighted by Gasteiger charge is 2.11. The van der Waals surface area contributed by atoms with Crippen LogP contribution in [0.5, 0.6) is 0 Å². The zero-order chi connectivity index (χ0) is 13.8. The second-order valence-electron chi connectivity index (χ2n) is 4.37. The number of nitrogens with one attached hydrogen (secondary N) is 1. The van der Waals surface area contributed by atoms with E-state index < -0.39 is 0 Å². The van der Waals surface area contributed by atoms with Gasteiger partial charge in [-0.2, -0.15) is 0 Å². The molecular formula is C15H14BrClFN. The van der Waals surface area contributed by atoms with Crippen molar-refractivity contribution in [3.8, 4) is 0 Å². The molecule has 2 aromatic carbocycles. The third kappa shape index (κ3) is 4.03. The van der Waals surface area contributed by atoms with Crippen LogP contribution in [-0.4, -0.2) is 7.05 Å². The van der Waals surface area contributed by atoms with Crippen LogP contribution in [0.3, 0.4) is 0 Å². The minimum Gasteiger partial charge on any atom is -0.313 e. The number of halogens is 3. The van der Waals surface area contributed by atoms with E-state index in [-0.39, 0.29) is 11.9 Å². The van der Waals surface area contributed by atoms with E-state index in [4.69, 9.17) is 11.6 Å². The summed E-state index contributed by atoms with van der Waals surface area (Å²) in [6.45, 7) is 0. The van der Waals surface area contributed by atoms with Crippen LogP contribution in [0.1, 0.15) is 17.2 Å². The summed E-state index contributed by atoms with van der Waals surface area (Å²) in [6.07, 6.45) is 0.781. The average Bonchev–Trinajstić information content (AvgIpc) is 2.37. The molecule has 0 heterocycles. The quantitative estimate of drug-likeness (QED) is 0.846. The van der Waals surface area contributed by atoms with E-state index >= 15 is 0 Å². The van der Waals surface area contributed by atoms with E-state index in [1.807, 2.05) is 25.2 Å². The summed E-state index contributed by atoms with van der Waals surface area (Å²) in [5.74, 6) is -0.213. The summed E-state index contributed by atoms with van der Waals surface area (Å²) in [7, 11) is 1.91. The molecule has 2 aromatic rings. The SMILES string of the molecule is CNC(Cc1ccc(F)cc1)c1cc(Cl)cc(Br)c1. The first-order valence-electron chi connectivity index (χ1n) is 5.96. The zero-order valence-corrected chi connectivity index (χ0v) is 12.8. The molecule has 100 valence electrons. The number of likely N-dealkylation sites (N-methyl/N-ethyl adjacent to an activating group) is 1. The number of hydrogen-bond donors (Lipinski definition) is 1. The molecular weight excluding hydrogens is 329 g/mol. The van der Waals surface area contributed by atoms with Gasteiger partial charge in [0.05, 0.1) is 0 Å². The molecule has 0 aliphatic carbocycles. The molecule has 0 saturated heterocycles. The lowest BCUT2D eigenvalue weighted by atomic mass is 9.99. The zero-order valence-electron chi connectivity index (χ0n) is 10.5. The summed E-state index contributed by atoms with van der Waals surface area (Å²) < 4.78 is 13.8. The highest BCUT2D eigenvalue weighted by Crippen LogP contribution is 2.26. The monoisotopic (exact) mass is 341 g/mol. The Labute approximate surface area is 125 Å². The molecule has 19 heavy (non-hydrogen) atoms. The van der Waals surface area contributed by atoms with Gasteiger partial charge in [0.2, 0.25) is 0 Å². The minimum absolute atomic E-state index is 0.139. The van der Waals surface area contributed by atoms with Crippen molar-refractivity contribution in [3.05, 3.63) is 68.9 Å². The Morgan fingerprint density at radius 2 is 1.89 bits per heavy atom. The lowest BCUT2D eigenvalue weighted by Crippen LogP contribution is -2.18. The predicted molar refractivity (Wildman–Crippen MR) is 81.1 cm³/mol. The highest BCUT2D eigenvalue weighted by atomic mass is 79.9. The predicted octanol–water partition coefficient (Wildman–Crippen LogP) is 4.74. The van der Waals surface area contributed by atoms with Crippen LogP contribution < -0.4 is 5.32 Å². The molecule has 0 amide bonds. The molecule has 1 unspecified atom stereocenters. The van der Waals surface area contributed by atoms with Crippen LogP contribution in [-0.2, 0) is 6.42 Å². The molecule has 0 radical (unpaired) electrons. The summed E-state index contributed by atoms with van der Waals surface area (Å²) in [5.41, 5.74) is 2.18. The molecule has 4 heteroatoms. The van der Waals surface area contributed by atoms with Gasteiger partial charge < -0.3 is 5.32 Å². The molecule has 0 spiro atoms. The fourth-order valence-corrected chi connectivity index (χ4v) is 2.91. The standard InChI is InChI=1S/C15H14BrClFN/c1-19-15(6-10-2-4-14(18)5-3-10)11-7-12(16)9-13(17)8-11/h2-5,7-9,15,19H,6H2,1H3. The van der Waals surface area contributed by atoms with Gasteiger partial charge >= 0.3 is 0 Å². The Morgan fingerprint density at radius 3 is 2.47 bits per heavy atom. The molecule has 0 bridgehead atoms. The number of rotatable bonds is 4. The summed E-state index contributed by atoms with van der Waals surface area (Å²) in [5, 5.41) is 3.96. The summed E-state index contributed by atoms with van der Waals surface area (Å²) in [4.78, 5) is 0. The second-order valence-corrected chi connectivity index (χ2v) is 5.73. The van der Waals surface area contributed by atoms with Crippen molar-refractivity contribution in [1.29, 1.82) is 0 Å². The van der Waals surface area contributed by atoms with Crippen molar-refractivity contribution < 1.29 is 4.39 Å². The van der Waals surface area contributed by atoms with Crippen LogP contribution in [0.15, 0.2) is 46.9 Å². The fourth-order valence-electron chi connectivity index (χ4n) is 2.02. The van der Waals surface area contributed by atoms with Gasteiger partial charge in [-0.15, -0.1) is 0 Å². The van der Waals surface area contributed by atoms with Gasteiger partial charge in [0.25, 0.3) is 0 Å². The van der Waals surface area contributed by atoms with Crippen molar-refractivity contribution >= 4 is 27.5 Å². The van der Waals surface area contributed by atoms with Crippen LogP contribution in [0.4, 0.5) is 4.39 Å². The maximum atomic E-state index is 12.9. The summed E-state index contributed by atoms with van der Waals surface area (Å²) >= 11 is 9.51. The maximum absolute atomic E-state index is 12.9. The molecule has 1 nitrogen and oxygen atoms in total. The third-order valence-corrected chi connectivity index (χ3v) is 3.66. The van der Waals surface area contributed by atoms with Gasteiger partial charge in [-0.25, -0.2) is 4.39 Å². The van der Waals surface area contributed by atoms with Gasteiger partial charge in [0.15, 0.2) is 0 Å². The Balaban J connectivity index is 2.22.